The number of benzene rings is 1. The first-order valence-electron chi connectivity index (χ1n) is 5.89. The Hall–Kier alpha value is -0.830. The molecule has 0 atom stereocenters. The van der Waals surface area contributed by atoms with Crippen molar-refractivity contribution in [3.63, 3.8) is 0 Å². The van der Waals surface area contributed by atoms with Crippen molar-refractivity contribution in [2.75, 3.05) is 0 Å². The Kier molecular flexibility index (Phi) is 4.34. The lowest BCUT2D eigenvalue weighted by molar-refractivity contribution is 0.773. The first-order valence-corrected chi connectivity index (χ1v) is 7.02. The van der Waals surface area contributed by atoms with Crippen LogP contribution < -0.4 is 0 Å². The SMILES string of the molecule is Cc1c(Cl)nc(C(C)C)nc1-c1cc(Cl)cc(Cl)c1. The van der Waals surface area contributed by atoms with Crippen molar-refractivity contribution in [1.29, 1.82) is 0 Å². The summed E-state index contributed by atoms with van der Waals surface area (Å²) >= 11 is 18.2. The van der Waals surface area contributed by atoms with Crippen LogP contribution in [0.3, 0.4) is 0 Å². The summed E-state index contributed by atoms with van der Waals surface area (Å²) in [6.07, 6.45) is 0. The zero-order chi connectivity index (χ0) is 14.2. The topological polar surface area (TPSA) is 25.8 Å². The summed E-state index contributed by atoms with van der Waals surface area (Å²) in [4.78, 5) is 8.86. The Morgan fingerprint density at radius 1 is 0.947 bits per heavy atom. The van der Waals surface area contributed by atoms with Crippen LogP contribution in [0.15, 0.2) is 18.2 Å². The first-order chi connectivity index (χ1) is 8.88. The molecule has 0 aliphatic rings. The standard InChI is InChI=1S/C14H13Cl3N2/c1-7(2)14-18-12(8(3)13(17)19-14)9-4-10(15)6-11(16)5-9/h4-7H,1-3H3. The maximum atomic E-state index is 6.18. The molecule has 1 aromatic heterocycles. The quantitative estimate of drug-likeness (QED) is 0.680. The monoisotopic (exact) mass is 314 g/mol. The molecular weight excluding hydrogens is 303 g/mol. The van der Waals surface area contributed by atoms with E-state index >= 15 is 0 Å². The second kappa shape index (κ2) is 5.66. The minimum Gasteiger partial charge on any atom is -0.232 e. The van der Waals surface area contributed by atoms with Crippen LogP contribution in [0.4, 0.5) is 0 Å². The molecule has 0 fully saturated rings. The molecule has 0 aliphatic heterocycles. The molecule has 0 saturated carbocycles. The first kappa shape index (κ1) is 14.6. The zero-order valence-electron chi connectivity index (χ0n) is 10.8. The molecular formula is C14H13Cl3N2. The third kappa shape index (κ3) is 3.19. The van der Waals surface area contributed by atoms with E-state index < -0.39 is 0 Å². The third-order valence-corrected chi connectivity index (χ3v) is 3.56. The molecule has 0 aliphatic carbocycles. The van der Waals surface area contributed by atoms with Crippen LogP contribution in [0.1, 0.15) is 31.2 Å². The average molecular weight is 316 g/mol. The smallest absolute Gasteiger partial charge is 0.136 e. The molecule has 0 unspecified atom stereocenters. The van der Waals surface area contributed by atoms with Crippen LogP contribution in [-0.4, -0.2) is 9.97 Å². The van der Waals surface area contributed by atoms with E-state index in [1.54, 1.807) is 6.07 Å². The summed E-state index contributed by atoms with van der Waals surface area (Å²) in [6.45, 7) is 5.93. The second-order valence-electron chi connectivity index (χ2n) is 4.66. The average Bonchev–Trinajstić information content (AvgIpc) is 2.30. The van der Waals surface area contributed by atoms with Crippen molar-refractivity contribution in [1.82, 2.24) is 9.97 Å². The number of hydrogen-bond donors (Lipinski definition) is 0. The molecule has 5 heteroatoms. The van der Waals surface area contributed by atoms with E-state index in [-0.39, 0.29) is 5.92 Å². The maximum absolute atomic E-state index is 6.18. The molecule has 2 nitrogen and oxygen atoms in total. The van der Waals surface area contributed by atoms with Crippen molar-refractivity contribution >= 4 is 34.8 Å². The lowest BCUT2D eigenvalue weighted by Crippen LogP contribution is -2.02. The second-order valence-corrected chi connectivity index (χ2v) is 5.89. The van der Waals surface area contributed by atoms with Crippen LogP contribution in [0.5, 0.6) is 0 Å². The van der Waals surface area contributed by atoms with Gasteiger partial charge in [0.15, 0.2) is 0 Å². The van der Waals surface area contributed by atoms with Crippen LogP contribution in [0.25, 0.3) is 11.3 Å². The van der Waals surface area contributed by atoms with Crippen LogP contribution in [0.2, 0.25) is 15.2 Å². The van der Waals surface area contributed by atoms with Gasteiger partial charge in [-0.15, -0.1) is 0 Å². The zero-order valence-corrected chi connectivity index (χ0v) is 13.1. The van der Waals surface area contributed by atoms with Gasteiger partial charge in [0.1, 0.15) is 11.0 Å². The van der Waals surface area contributed by atoms with Crippen molar-refractivity contribution in [2.24, 2.45) is 0 Å². The fourth-order valence-corrected chi connectivity index (χ4v) is 2.44. The number of halogens is 3. The molecule has 0 N–H and O–H groups in total. The van der Waals surface area contributed by atoms with Gasteiger partial charge in [-0.1, -0.05) is 48.7 Å². The van der Waals surface area contributed by atoms with Crippen molar-refractivity contribution in [3.8, 4) is 11.3 Å². The van der Waals surface area contributed by atoms with E-state index in [1.807, 2.05) is 32.9 Å². The van der Waals surface area contributed by atoms with Gasteiger partial charge < -0.3 is 0 Å². The molecule has 0 radical (unpaired) electrons. The number of aromatic nitrogens is 2. The van der Waals surface area contributed by atoms with Crippen LogP contribution in [0, 0.1) is 6.92 Å². The predicted octanol–water partition coefficient (Wildman–Crippen LogP) is 5.54. The highest BCUT2D eigenvalue weighted by Gasteiger charge is 2.14. The fraction of sp³-hybridized carbons (Fsp3) is 0.286. The number of rotatable bonds is 2. The highest BCUT2D eigenvalue weighted by molar-refractivity contribution is 6.35. The van der Waals surface area contributed by atoms with E-state index in [4.69, 9.17) is 34.8 Å². The normalized spacial score (nSPS) is 11.1. The molecule has 100 valence electrons. The molecule has 1 aromatic carbocycles. The van der Waals surface area contributed by atoms with Gasteiger partial charge in [-0.2, -0.15) is 0 Å². The molecule has 2 rings (SSSR count). The number of nitrogens with zero attached hydrogens (tertiary/aromatic N) is 2. The Labute approximate surface area is 127 Å². The third-order valence-electron chi connectivity index (χ3n) is 2.76. The van der Waals surface area contributed by atoms with Gasteiger partial charge in [-0.3, -0.25) is 0 Å². The van der Waals surface area contributed by atoms with Gasteiger partial charge in [0.2, 0.25) is 0 Å². The van der Waals surface area contributed by atoms with Gasteiger partial charge in [-0.05, 0) is 25.1 Å². The Morgan fingerprint density at radius 3 is 2.05 bits per heavy atom. The predicted molar refractivity (Wildman–Crippen MR) is 81.3 cm³/mol. The molecule has 1 heterocycles. The van der Waals surface area contributed by atoms with Crippen LogP contribution in [-0.2, 0) is 0 Å². The largest absolute Gasteiger partial charge is 0.232 e. The minimum atomic E-state index is 0.200. The Bertz CT molecular complexity index is 604. The highest BCUT2D eigenvalue weighted by Crippen LogP contribution is 2.31. The molecule has 0 bridgehead atoms. The molecule has 2 aromatic rings. The van der Waals surface area contributed by atoms with Gasteiger partial charge >= 0.3 is 0 Å². The lowest BCUT2D eigenvalue weighted by Gasteiger charge is -2.12. The van der Waals surface area contributed by atoms with Gasteiger partial charge in [0, 0.05) is 27.1 Å². The molecule has 19 heavy (non-hydrogen) atoms. The summed E-state index contributed by atoms with van der Waals surface area (Å²) in [5, 5.41) is 1.61. The van der Waals surface area contributed by atoms with E-state index in [2.05, 4.69) is 9.97 Å². The molecule has 0 amide bonds. The Morgan fingerprint density at radius 2 is 1.53 bits per heavy atom. The van der Waals surface area contributed by atoms with Crippen molar-refractivity contribution < 1.29 is 0 Å². The van der Waals surface area contributed by atoms with E-state index in [1.165, 1.54) is 0 Å². The van der Waals surface area contributed by atoms with Gasteiger partial charge in [0.05, 0.1) is 5.69 Å². The van der Waals surface area contributed by atoms with Crippen LogP contribution >= 0.6 is 34.8 Å². The highest BCUT2D eigenvalue weighted by atomic mass is 35.5. The summed E-state index contributed by atoms with van der Waals surface area (Å²) in [7, 11) is 0. The number of hydrogen-bond acceptors (Lipinski definition) is 2. The van der Waals surface area contributed by atoms with E-state index in [0.29, 0.717) is 21.0 Å². The Balaban J connectivity index is 2.66. The van der Waals surface area contributed by atoms with Gasteiger partial charge in [0.25, 0.3) is 0 Å². The molecule has 0 saturated heterocycles. The van der Waals surface area contributed by atoms with E-state index in [9.17, 15) is 0 Å². The van der Waals surface area contributed by atoms with Crippen molar-refractivity contribution in [3.05, 3.63) is 44.8 Å². The summed E-state index contributed by atoms with van der Waals surface area (Å²) in [5.74, 6) is 0.910. The molecule has 0 spiro atoms. The lowest BCUT2D eigenvalue weighted by atomic mass is 10.1. The van der Waals surface area contributed by atoms with E-state index in [0.717, 1.165) is 16.8 Å². The summed E-state index contributed by atoms with van der Waals surface area (Å²) in [5.41, 5.74) is 2.44. The van der Waals surface area contributed by atoms with Gasteiger partial charge in [-0.25, -0.2) is 9.97 Å². The maximum Gasteiger partial charge on any atom is 0.136 e. The minimum absolute atomic E-state index is 0.200. The van der Waals surface area contributed by atoms with Crippen molar-refractivity contribution in [2.45, 2.75) is 26.7 Å². The summed E-state index contributed by atoms with van der Waals surface area (Å²) in [6, 6.07) is 5.33. The fourth-order valence-electron chi connectivity index (χ4n) is 1.74. The summed E-state index contributed by atoms with van der Waals surface area (Å²) < 4.78 is 0.